The molecule has 3 aliphatic rings. The lowest BCUT2D eigenvalue weighted by Gasteiger charge is -2.33. The Hall–Kier alpha value is -3.68. The third-order valence-corrected chi connectivity index (χ3v) is 8.96. The third-order valence-electron chi connectivity index (χ3n) is 8.96. The van der Waals surface area contributed by atoms with Crippen LogP contribution in [0.25, 0.3) is 0 Å². The topological polar surface area (TPSA) is 116 Å². The van der Waals surface area contributed by atoms with Gasteiger partial charge in [0.2, 0.25) is 0 Å². The van der Waals surface area contributed by atoms with Crippen LogP contribution in [0, 0.1) is 5.41 Å². The van der Waals surface area contributed by atoms with Gasteiger partial charge in [0.1, 0.15) is 18.3 Å². The smallest absolute Gasteiger partial charge is 0.339 e. The fourth-order valence-corrected chi connectivity index (χ4v) is 6.19. The monoisotopic (exact) mass is 606 g/mol. The van der Waals surface area contributed by atoms with Crippen LogP contribution >= 0.6 is 0 Å². The SMILES string of the molecule is CC1(C)CCC(OC(=O)c2ccccc2C(=O)O)CC1.O=C(OC1CCCCC1)c1ccccc1C(=O)OC1CCCCC1. The number of carbonyl (C=O) groups is 4. The summed E-state index contributed by atoms with van der Waals surface area (Å²) in [5.41, 5.74) is 1.08. The maximum absolute atomic E-state index is 12.5. The van der Waals surface area contributed by atoms with E-state index in [0.717, 1.165) is 77.0 Å². The van der Waals surface area contributed by atoms with E-state index in [2.05, 4.69) is 13.8 Å². The zero-order chi connectivity index (χ0) is 31.5. The third kappa shape index (κ3) is 9.66. The molecule has 0 radical (unpaired) electrons. The minimum Gasteiger partial charge on any atom is -0.478 e. The van der Waals surface area contributed by atoms with Gasteiger partial charge in [-0.05, 0) is 107 Å². The van der Waals surface area contributed by atoms with Crippen LogP contribution in [0.1, 0.15) is 145 Å². The van der Waals surface area contributed by atoms with Crippen molar-refractivity contribution in [1.82, 2.24) is 0 Å². The van der Waals surface area contributed by atoms with Crippen molar-refractivity contribution in [3.63, 3.8) is 0 Å². The zero-order valence-corrected chi connectivity index (χ0v) is 26.1. The second-order valence-corrected chi connectivity index (χ2v) is 13.0. The van der Waals surface area contributed by atoms with Crippen molar-refractivity contribution in [3.8, 4) is 0 Å². The molecule has 0 heterocycles. The summed E-state index contributed by atoms with van der Waals surface area (Å²) in [4.78, 5) is 48.2. The molecule has 0 unspecified atom stereocenters. The number of hydrogen-bond acceptors (Lipinski definition) is 7. The van der Waals surface area contributed by atoms with Crippen LogP contribution in [-0.2, 0) is 14.2 Å². The Labute approximate surface area is 260 Å². The molecule has 0 amide bonds. The van der Waals surface area contributed by atoms with E-state index in [1.165, 1.54) is 25.0 Å². The van der Waals surface area contributed by atoms with Gasteiger partial charge in [0.05, 0.1) is 22.3 Å². The average molecular weight is 607 g/mol. The number of carboxylic acids is 1. The molecule has 0 bridgehead atoms. The van der Waals surface area contributed by atoms with Crippen molar-refractivity contribution in [3.05, 3.63) is 70.8 Å². The minimum atomic E-state index is -1.11. The maximum Gasteiger partial charge on any atom is 0.339 e. The molecule has 0 saturated heterocycles. The summed E-state index contributed by atoms with van der Waals surface area (Å²) in [5, 5.41) is 9.08. The molecule has 5 rings (SSSR count). The first-order valence-corrected chi connectivity index (χ1v) is 16.2. The second kappa shape index (κ2) is 15.9. The van der Waals surface area contributed by atoms with Crippen LogP contribution in [0.15, 0.2) is 48.5 Å². The van der Waals surface area contributed by atoms with Gasteiger partial charge < -0.3 is 19.3 Å². The molecule has 2 aromatic carbocycles. The van der Waals surface area contributed by atoms with Crippen LogP contribution in [0.3, 0.4) is 0 Å². The summed E-state index contributed by atoms with van der Waals surface area (Å²) >= 11 is 0. The molecule has 0 spiro atoms. The maximum atomic E-state index is 12.5. The van der Waals surface area contributed by atoms with Gasteiger partial charge in [-0.3, -0.25) is 0 Å². The van der Waals surface area contributed by atoms with Crippen LogP contribution < -0.4 is 0 Å². The highest BCUT2D eigenvalue weighted by Gasteiger charge is 2.30. The predicted octanol–water partition coefficient (Wildman–Crippen LogP) is 8.18. The van der Waals surface area contributed by atoms with E-state index < -0.39 is 23.9 Å². The Morgan fingerprint density at radius 3 is 1.23 bits per heavy atom. The Morgan fingerprint density at radius 2 is 0.864 bits per heavy atom. The van der Waals surface area contributed by atoms with E-state index in [1.807, 2.05) is 0 Å². The van der Waals surface area contributed by atoms with E-state index in [9.17, 15) is 19.2 Å². The standard InChI is InChI=1S/C20H26O4.C16H20O4/c21-19(23-15-9-3-1-4-10-15)17-13-7-8-14-18(17)20(22)24-16-11-5-2-6-12-16;1-16(2)9-7-11(8-10-16)20-15(19)13-6-4-3-5-12(13)14(17)18/h7-8,13-16H,1-6,9-12H2;3-6,11H,7-10H2,1-2H3,(H,17,18). The molecule has 8 heteroatoms. The first-order chi connectivity index (χ1) is 21.1. The molecule has 2 aromatic rings. The summed E-state index contributed by atoms with van der Waals surface area (Å²) in [7, 11) is 0. The van der Waals surface area contributed by atoms with Crippen molar-refractivity contribution in [1.29, 1.82) is 0 Å². The lowest BCUT2D eigenvalue weighted by Crippen LogP contribution is -2.28. The second-order valence-electron chi connectivity index (χ2n) is 13.0. The van der Waals surface area contributed by atoms with Crippen molar-refractivity contribution in [2.75, 3.05) is 0 Å². The fourth-order valence-electron chi connectivity index (χ4n) is 6.19. The molecule has 0 aliphatic heterocycles. The van der Waals surface area contributed by atoms with Crippen LogP contribution in [-0.4, -0.2) is 47.3 Å². The zero-order valence-electron chi connectivity index (χ0n) is 26.1. The fraction of sp³-hybridized carbons (Fsp3) is 0.556. The van der Waals surface area contributed by atoms with Crippen molar-refractivity contribution < 1.29 is 38.5 Å². The molecule has 238 valence electrons. The van der Waals surface area contributed by atoms with Crippen molar-refractivity contribution in [2.45, 2.75) is 122 Å². The number of ether oxygens (including phenoxy) is 3. The summed E-state index contributed by atoms with van der Waals surface area (Å²) in [6, 6.07) is 13.0. The number of hydrogen-bond donors (Lipinski definition) is 1. The number of carboxylic acid groups (broad SMARTS) is 1. The average Bonchev–Trinajstić information content (AvgIpc) is 3.03. The van der Waals surface area contributed by atoms with Gasteiger partial charge in [-0.15, -0.1) is 0 Å². The highest BCUT2D eigenvalue weighted by Crippen LogP contribution is 2.36. The first kappa shape index (κ1) is 33.2. The lowest BCUT2D eigenvalue weighted by atomic mass is 9.76. The number of carbonyl (C=O) groups excluding carboxylic acids is 3. The normalized spacial score (nSPS) is 19.1. The molecule has 44 heavy (non-hydrogen) atoms. The quantitative estimate of drug-likeness (QED) is 0.248. The minimum absolute atomic E-state index is 0.00589. The summed E-state index contributed by atoms with van der Waals surface area (Å²) in [6.45, 7) is 4.43. The van der Waals surface area contributed by atoms with E-state index in [-0.39, 0.29) is 29.4 Å². The van der Waals surface area contributed by atoms with Crippen molar-refractivity contribution in [2.24, 2.45) is 5.41 Å². The lowest BCUT2D eigenvalue weighted by molar-refractivity contribution is 0.00914. The Balaban J connectivity index is 0.000000204. The van der Waals surface area contributed by atoms with Gasteiger partial charge in [0, 0.05) is 0 Å². The Morgan fingerprint density at radius 1 is 0.545 bits per heavy atom. The molecular weight excluding hydrogens is 560 g/mol. The van der Waals surface area contributed by atoms with Crippen LogP contribution in [0.5, 0.6) is 0 Å². The highest BCUT2D eigenvalue weighted by atomic mass is 16.6. The number of benzene rings is 2. The van der Waals surface area contributed by atoms with E-state index in [4.69, 9.17) is 19.3 Å². The highest BCUT2D eigenvalue weighted by molar-refractivity contribution is 6.03. The molecule has 3 fully saturated rings. The van der Waals surface area contributed by atoms with Gasteiger partial charge in [-0.2, -0.15) is 0 Å². The number of esters is 3. The summed E-state index contributed by atoms with van der Waals surface area (Å²) < 4.78 is 16.7. The Kier molecular flexibility index (Phi) is 12.0. The Bertz CT molecular complexity index is 1230. The molecule has 0 atom stereocenters. The predicted molar refractivity (Wildman–Crippen MR) is 166 cm³/mol. The van der Waals surface area contributed by atoms with E-state index in [1.54, 1.807) is 36.4 Å². The molecule has 3 aliphatic carbocycles. The van der Waals surface area contributed by atoms with Gasteiger partial charge in [0.25, 0.3) is 0 Å². The van der Waals surface area contributed by atoms with E-state index in [0.29, 0.717) is 16.5 Å². The number of rotatable bonds is 7. The van der Waals surface area contributed by atoms with Gasteiger partial charge in [-0.25, -0.2) is 19.2 Å². The van der Waals surface area contributed by atoms with Gasteiger partial charge >= 0.3 is 23.9 Å². The van der Waals surface area contributed by atoms with Gasteiger partial charge in [0.15, 0.2) is 0 Å². The first-order valence-electron chi connectivity index (χ1n) is 16.2. The van der Waals surface area contributed by atoms with Gasteiger partial charge in [-0.1, -0.05) is 51.0 Å². The van der Waals surface area contributed by atoms with Crippen molar-refractivity contribution >= 4 is 23.9 Å². The molecule has 0 aromatic heterocycles. The van der Waals surface area contributed by atoms with Crippen LogP contribution in [0.2, 0.25) is 0 Å². The summed E-state index contributed by atoms with van der Waals surface area (Å²) in [5.74, 6) is -2.45. The molecule has 1 N–H and O–H groups in total. The summed E-state index contributed by atoms with van der Waals surface area (Å²) in [6.07, 6.45) is 14.1. The van der Waals surface area contributed by atoms with E-state index >= 15 is 0 Å². The molecular formula is C36H46O8. The molecule has 8 nitrogen and oxygen atoms in total. The number of aromatic carboxylic acids is 1. The largest absolute Gasteiger partial charge is 0.478 e. The molecule has 3 saturated carbocycles. The van der Waals surface area contributed by atoms with Crippen LogP contribution in [0.4, 0.5) is 0 Å².